The molecule has 2 N–H and O–H groups in total. The predicted octanol–water partition coefficient (Wildman–Crippen LogP) is 1.66. The fourth-order valence-corrected chi connectivity index (χ4v) is 4.52. The highest BCUT2D eigenvalue weighted by Gasteiger charge is 2.35. The van der Waals surface area contributed by atoms with Gasteiger partial charge < -0.3 is 5.73 Å². The molecule has 0 radical (unpaired) electrons. The second-order valence-corrected chi connectivity index (χ2v) is 7.05. The van der Waals surface area contributed by atoms with Gasteiger partial charge in [0.15, 0.2) is 9.84 Å². The second-order valence-electron chi connectivity index (χ2n) is 4.17. The van der Waals surface area contributed by atoms with E-state index in [1.165, 1.54) is 6.42 Å². The van der Waals surface area contributed by atoms with Crippen LogP contribution in [0.1, 0.15) is 39.0 Å². The molecule has 0 aromatic carbocycles. The Morgan fingerprint density at radius 3 is 2.33 bits per heavy atom. The van der Waals surface area contributed by atoms with Crippen LogP contribution >= 0.6 is 12.2 Å². The number of rotatable bonds is 4. The predicted molar refractivity (Wildman–Crippen MR) is 66.6 cm³/mol. The van der Waals surface area contributed by atoms with Gasteiger partial charge in [-0.15, -0.1) is 0 Å². The molecule has 1 unspecified atom stereocenters. The van der Waals surface area contributed by atoms with Crippen molar-refractivity contribution in [3.8, 4) is 0 Å². The summed E-state index contributed by atoms with van der Waals surface area (Å²) in [6.07, 6.45) is 5.29. The standard InChI is InChI=1S/C10H19NO2S2/c1-2-15(12,13)9(10(11)14)8-6-4-3-5-7-8/h8-9H,2-7H2,1H3,(H2,11,14). The van der Waals surface area contributed by atoms with Crippen LogP contribution in [0, 0.1) is 5.92 Å². The van der Waals surface area contributed by atoms with E-state index in [1.807, 2.05) is 0 Å². The molecule has 0 bridgehead atoms. The molecule has 88 valence electrons. The van der Waals surface area contributed by atoms with Gasteiger partial charge in [0.25, 0.3) is 0 Å². The van der Waals surface area contributed by atoms with E-state index in [2.05, 4.69) is 0 Å². The summed E-state index contributed by atoms with van der Waals surface area (Å²) < 4.78 is 23.7. The summed E-state index contributed by atoms with van der Waals surface area (Å²) in [5, 5.41) is -0.585. The van der Waals surface area contributed by atoms with Crippen LogP contribution in [0.4, 0.5) is 0 Å². The first kappa shape index (κ1) is 12.9. The Balaban J connectivity index is 2.87. The number of sulfone groups is 1. The van der Waals surface area contributed by atoms with Crippen molar-refractivity contribution < 1.29 is 8.42 Å². The highest BCUT2D eigenvalue weighted by Crippen LogP contribution is 2.30. The van der Waals surface area contributed by atoms with Crippen molar-refractivity contribution in [2.45, 2.75) is 44.3 Å². The normalized spacial score (nSPS) is 21.1. The zero-order chi connectivity index (χ0) is 11.5. The quantitative estimate of drug-likeness (QED) is 0.770. The Hall–Kier alpha value is -0.160. The van der Waals surface area contributed by atoms with Crippen molar-refractivity contribution in [1.82, 2.24) is 0 Å². The largest absolute Gasteiger partial charge is 0.392 e. The molecule has 0 aromatic heterocycles. The van der Waals surface area contributed by atoms with Crippen LogP contribution in [-0.2, 0) is 9.84 Å². The van der Waals surface area contributed by atoms with Gasteiger partial charge in [-0.2, -0.15) is 0 Å². The van der Waals surface area contributed by atoms with Gasteiger partial charge in [-0.3, -0.25) is 0 Å². The molecule has 0 amide bonds. The molecule has 1 aliphatic rings. The summed E-state index contributed by atoms with van der Waals surface area (Å²) in [5.74, 6) is 0.284. The highest BCUT2D eigenvalue weighted by molar-refractivity contribution is 7.94. The van der Waals surface area contributed by atoms with Crippen LogP contribution in [0.25, 0.3) is 0 Å². The first-order chi connectivity index (χ1) is 6.99. The van der Waals surface area contributed by atoms with E-state index in [4.69, 9.17) is 18.0 Å². The van der Waals surface area contributed by atoms with Gasteiger partial charge in [-0.05, 0) is 18.8 Å². The Morgan fingerprint density at radius 1 is 1.40 bits per heavy atom. The number of hydrogen-bond donors (Lipinski definition) is 1. The van der Waals surface area contributed by atoms with Crippen molar-refractivity contribution in [3.63, 3.8) is 0 Å². The van der Waals surface area contributed by atoms with Crippen molar-refractivity contribution >= 4 is 27.0 Å². The van der Waals surface area contributed by atoms with Crippen molar-refractivity contribution in [2.75, 3.05) is 5.75 Å². The monoisotopic (exact) mass is 249 g/mol. The molecule has 1 aliphatic carbocycles. The van der Waals surface area contributed by atoms with Crippen LogP contribution in [-0.4, -0.2) is 24.4 Å². The van der Waals surface area contributed by atoms with Gasteiger partial charge in [0, 0.05) is 5.75 Å². The first-order valence-electron chi connectivity index (χ1n) is 5.50. The lowest BCUT2D eigenvalue weighted by molar-refractivity contribution is 0.367. The minimum atomic E-state index is -3.13. The van der Waals surface area contributed by atoms with Gasteiger partial charge in [-0.25, -0.2) is 8.42 Å². The summed E-state index contributed by atoms with van der Waals surface area (Å²) in [7, 11) is -3.13. The lowest BCUT2D eigenvalue weighted by Crippen LogP contribution is -2.42. The molecule has 0 saturated heterocycles. The molecule has 1 atom stereocenters. The summed E-state index contributed by atoms with van der Waals surface area (Å²) in [6, 6.07) is 0. The number of nitrogens with two attached hydrogens (primary N) is 1. The Bertz CT molecular complexity index is 318. The van der Waals surface area contributed by atoms with Gasteiger partial charge >= 0.3 is 0 Å². The average Bonchev–Trinajstić information content (AvgIpc) is 2.18. The Labute approximate surface area is 97.3 Å². The number of thiocarbonyl (C=S) groups is 1. The van der Waals surface area contributed by atoms with E-state index in [-0.39, 0.29) is 16.7 Å². The van der Waals surface area contributed by atoms with E-state index >= 15 is 0 Å². The highest BCUT2D eigenvalue weighted by atomic mass is 32.2. The fourth-order valence-electron chi connectivity index (χ4n) is 2.32. The topological polar surface area (TPSA) is 60.2 Å². The van der Waals surface area contributed by atoms with E-state index < -0.39 is 15.1 Å². The van der Waals surface area contributed by atoms with E-state index in [9.17, 15) is 8.42 Å². The minimum Gasteiger partial charge on any atom is -0.392 e. The molecule has 5 heteroatoms. The third-order valence-electron chi connectivity index (χ3n) is 3.15. The third kappa shape index (κ3) is 3.14. The molecule has 0 aliphatic heterocycles. The molecule has 15 heavy (non-hydrogen) atoms. The summed E-state index contributed by atoms with van der Waals surface area (Å²) >= 11 is 4.91. The SMILES string of the molecule is CCS(=O)(=O)C(C(N)=S)C1CCCCC1. The molecule has 0 aromatic rings. The van der Waals surface area contributed by atoms with Crippen molar-refractivity contribution in [3.05, 3.63) is 0 Å². The maximum absolute atomic E-state index is 11.9. The lowest BCUT2D eigenvalue weighted by atomic mass is 9.87. The lowest BCUT2D eigenvalue weighted by Gasteiger charge is -2.28. The zero-order valence-corrected chi connectivity index (χ0v) is 10.7. The van der Waals surface area contributed by atoms with Crippen LogP contribution < -0.4 is 5.73 Å². The van der Waals surface area contributed by atoms with Gasteiger partial charge in [0.05, 0.1) is 4.99 Å². The van der Waals surface area contributed by atoms with Gasteiger partial charge in [0.1, 0.15) is 5.25 Å². The molecular formula is C10H19NO2S2. The average molecular weight is 249 g/mol. The first-order valence-corrected chi connectivity index (χ1v) is 7.62. The smallest absolute Gasteiger partial charge is 0.159 e. The van der Waals surface area contributed by atoms with Crippen LogP contribution in [0.3, 0.4) is 0 Å². The molecule has 1 fully saturated rings. The molecule has 1 saturated carbocycles. The fraction of sp³-hybridized carbons (Fsp3) is 0.900. The van der Waals surface area contributed by atoms with E-state index in [1.54, 1.807) is 6.92 Å². The summed E-state index contributed by atoms with van der Waals surface area (Å²) in [6.45, 7) is 1.66. The molecular weight excluding hydrogens is 230 g/mol. The second kappa shape index (κ2) is 5.25. The minimum absolute atomic E-state index is 0.130. The third-order valence-corrected chi connectivity index (χ3v) is 5.77. The Morgan fingerprint density at radius 2 is 1.93 bits per heavy atom. The molecule has 1 rings (SSSR count). The van der Waals surface area contributed by atoms with Crippen LogP contribution in [0.2, 0.25) is 0 Å². The zero-order valence-electron chi connectivity index (χ0n) is 9.11. The summed E-state index contributed by atoms with van der Waals surface area (Å²) in [4.78, 5) is 0.156. The molecule has 3 nitrogen and oxygen atoms in total. The van der Waals surface area contributed by atoms with Crippen LogP contribution in [0.5, 0.6) is 0 Å². The summed E-state index contributed by atoms with van der Waals surface area (Å²) in [5.41, 5.74) is 5.58. The van der Waals surface area contributed by atoms with E-state index in [0.29, 0.717) is 0 Å². The molecule has 0 spiro atoms. The van der Waals surface area contributed by atoms with Crippen LogP contribution in [0.15, 0.2) is 0 Å². The number of hydrogen-bond acceptors (Lipinski definition) is 3. The maximum atomic E-state index is 11.9. The van der Waals surface area contributed by atoms with E-state index in [0.717, 1.165) is 25.7 Å². The van der Waals surface area contributed by atoms with Crippen molar-refractivity contribution in [1.29, 1.82) is 0 Å². The van der Waals surface area contributed by atoms with Gasteiger partial charge in [0.2, 0.25) is 0 Å². The Kier molecular flexibility index (Phi) is 4.52. The molecule has 0 heterocycles. The maximum Gasteiger partial charge on any atom is 0.159 e. The van der Waals surface area contributed by atoms with Gasteiger partial charge in [-0.1, -0.05) is 38.4 Å². The van der Waals surface area contributed by atoms with Crippen molar-refractivity contribution in [2.24, 2.45) is 11.7 Å².